The lowest BCUT2D eigenvalue weighted by Gasteiger charge is -1.97. The summed E-state index contributed by atoms with van der Waals surface area (Å²) < 4.78 is 5.29. The van der Waals surface area contributed by atoms with E-state index in [-0.39, 0.29) is 0 Å². The summed E-state index contributed by atoms with van der Waals surface area (Å²) in [6.07, 6.45) is 7.65. The molecule has 0 radical (unpaired) electrons. The number of pyridine rings is 2. The van der Waals surface area contributed by atoms with Gasteiger partial charge in [-0.25, -0.2) is 0 Å². The maximum Gasteiger partial charge on any atom is 0.258 e. The molecule has 3 aromatic rings. The first-order chi connectivity index (χ1) is 9.33. The molecule has 0 aliphatic heterocycles. The van der Waals surface area contributed by atoms with Crippen LogP contribution in [0.2, 0.25) is 0 Å². The maximum absolute atomic E-state index is 5.29. The van der Waals surface area contributed by atoms with E-state index in [0.29, 0.717) is 18.1 Å². The van der Waals surface area contributed by atoms with Crippen molar-refractivity contribution in [1.29, 1.82) is 0 Å². The average Bonchev–Trinajstić information content (AvgIpc) is 2.89. The Bertz CT molecular complexity index is 679. The minimum atomic E-state index is 0.527. The molecule has 0 spiro atoms. The Balaban J connectivity index is 1.86. The zero-order valence-corrected chi connectivity index (χ0v) is 10.4. The van der Waals surface area contributed by atoms with Crippen LogP contribution < -0.4 is 0 Å². The first-order valence-corrected chi connectivity index (χ1v) is 5.95. The summed E-state index contributed by atoms with van der Waals surface area (Å²) in [5.41, 5.74) is 2.99. The van der Waals surface area contributed by atoms with Crippen molar-refractivity contribution in [1.82, 2.24) is 20.1 Å². The van der Waals surface area contributed by atoms with Crippen LogP contribution in [0.15, 0.2) is 47.5 Å². The summed E-state index contributed by atoms with van der Waals surface area (Å²) in [7, 11) is 0. The number of hydrogen-bond acceptors (Lipinski definition) is 5. The quantitative estimate of drug-likeness (QED) is 0.716. The smallest absolute Gasteiger partial charge is 0.258 e. The third-order valence-corrected chi connectivity index (χ3v) is 2.80. The molecular formula is C14H12N4O. The minimum absolute atomic E-state index is 0.527. The van der Waals surface area contributed by atoms with Crippen molar-refractivity contribution in [2.24, 2.45) is 0 Å². The van der Waals surface area contributed by atoms with Crippen molar-refractivity contribution >= 4 is 0 Å². The molecule has 19 heavy (non-hydrogen) atoms. The van der Waals surface area contributed by atoms with Crippen molar-refractivity contribution in [2.45, 2.75) is 13.3 Å². The van der Waals surface area contributed by atoms with E-state index >= 15 is 0 Å². The van der Waals surface area contributed by atoms with Crippen molar-refractivity contribution in [3.63, 3.8) is 0 Å². The first-order valence-electron chi connectivity index (χ1n) is 5.95. The molecule has 0 aliphatic rings. The third kappa shape index (κ3) is 2.49. The summed E-state index contributed by atoms with van der Waals surface area (Å²) in [5.74, 6) is 1.18. The van der Waals surface area contributed by atoms with E-state index in [9.17, 15) is 0 Å². The SMILES string of the molecule is Cc1cnccc1-c1nc(Cc2cccnc2)no1. The van der Waals surface area contributed by atoms with Gasteiger partial charge in [0.05, 0.1) is 0 Å². The summed E-state index contributed by atoms with van der Waals surface area (Å²) in [6.45, 7) is 1.97. The molecule has 0 amide bonds. The Morgan fingerprint density at radius 1 is 1.11 bits per heavy atom. The fraction of sp³-hybridized carbons (Fsp3) is 0.143. The Morgan fingerprint density at radius 2 is 2.00 bits per heavy atom. The van der Waals surface area contributed by atoms with Crippen molar-refractivity contribution < 1.29 is 4.52 Å². The highest BCUT2D eigenvalue weighted by molar-refractivity contribution is 5.56. The zero-order chi connectivity index (χ0) is 13.1. The van der Waals surface area contributed by atoms with Crippen molar-refractivity contribution in [2.75, 3.05) is 0 Å². The molecule has 94 valence electrons. The lowest BCUT2D eigenvalue weighted by atomic mass is 10.1. The predicted octanol–water partition coefficient (Wildman–Crippen LogP) is 2.43. The normalized spacial score (nSPS) is 10.6. The molecule has 0 saturated carbocycles. The molecule has 5 heteroatoms. The van der Waals surface area contributed by atoms with Crippen LogP contribution in [0.1, 0.15) is 17.0 Å². The van der Waals surface area contributed by atoms with Crippen LogP contribution in [-0.4, -0.2) is 20.1 Å². The van der Waals surface area contributed by atoms with Gasteiger partial charge in [-0.2, -0.15) is 4.98 Å². The van der Waals surface area contributed by atoms with Gasteiger partial charge in [0.25, 0.3) is 5.89 Å². The van der Waals surface area contributed by atoms with Gasteiger partial charge in [0.2, 0.25) is 0 Å². The van der Waals surface area contributed by atoms with Crippen molar-refractivity contribution in [3.8, 4) is 11.5 Å². The van der Waals surface area contributed by atoms with Gasteiger partial charge in [-0.15, -0.1) is 0 Å². The summed E-state index contributed by atoms with van der Waals surface area (Å²) in [4.78, 5) is 12.5. The molecule has 0 atom stereocenters. The second kappa shape index (κ2) is 4.97. The van der Waals surface area contributed by atoms with Gasteiger partial charge in [-0.1, -0.05) is 11.2 Å². The first kappa shape index (κ1) is 11.5. The number of nitrogens with zero attached hydrogens (tertiary/aromatic N) is 4. The van der Waals surface area contributed by atoms with E-state index in [1.54, 1.807) is 24.8 Å². The standard InChI is InChI=1S/C14H12N4O/c1-10-8-16-6-4-12(10)14-17-13(18-19-14)7-11-3-2-5-15-9-11/h2-6,8-9H,7H2,1H3. The average molecular weight is 252 g/mol. The van der Waals surface area contributed by atoms with Crippen LogP contribution in [0, 0.1) is 6.92 Å². The van der Waals surface area contributed by atoms with Crippen molar-refractivity contribution in [3.05, 3.63) is 59.9 Å². The van der Waals surface area contributed by atoms with E-state index in [1.165, 1.54) is 0 Å². The van der Waals surface area contributed by atoms with Crippen LogP contribution >= 0.6 is 0 Å². The Hall–Kier alpha value is -2.56. The maximum atomic E-state index is 5.29. The number of aryl methyl sites for hydroxylation is 1. The lowest BCUT2D eigenvalue weighted by molar-refractivity contribution is 0.423. The van der Waals surface area contributed by atoms with Gasteiger partial charge in [0.1, 0.15) is 0 Å². The highest BCUT2D eigenvalue weighted by Gasteiger charge is 2.11. The topological polar surface area (TPSA) is 64.7 Å². The summed E-state index contributed by atoms with van der Waals surface area (Å²) >= 11 is 0. The van der Waals surface area contributed by atoms with E-state index in [4.69, 9.17) is 4.52 Å². The second-order valence-electron chi connectivity index (χ2n) is 4.24. The van der Waals surface area contributed by atoms with Gasteiger partial charge < -0.3 is 4.52 Å². The Morgan fingerprint density at radius 3 is 2.79 bits per heavy atom. The fourth-order valence-corrected chi connectivity index (χ4v) is 1.83. The highest BCUT2D eigenvalue weighted by atomic mass is 16.5. The minimum Gasteiger partial charge on any atom is -0.334 e. The predicted molar refractivity (Wildman–Crippen MR) is 69.3 cm³/mol. The van der Waals surface area contributed by atoms with Crippen LogP contribution in [0.4, 0.5) is 0 Å². The van der Waals surface area contributed by atoms with E-state index in [2.05, 4.69) is 20.1 Å². The van der Waals surface area contributed by atoms with E-state index in [0.717, 1.165) is 16.7 Å². The second-order valence-corrected chi connectivity index (χ2v) is 4.24. The number of rotatable bonds is 3. The monoisotopic (exact) mass is 252 g/mol. The van der Waals surface area contributed by atoms with Gasteiger partial charge in [0, 0.05) is 36.8 Å². The Kier molecular flexibility index (Phi) is 3.02. The highest BCUT2D eigenvalue weighted by Crippen LogP contribution is 2.20. The van der Waals surface area contributed by atoms with Crippen LogP contribution in [0.25, 0.3) is 11.5 Å². The van der Waals surface area contributed by atoms with Crippen LogP contribution in [0.5, 0.6) is 0 Å². The molecule has 3 rings (SSSR count). The Labute approximate surface area is 110 Å². The molecule has 3 aromatic heterocycles. The van der Waals surface area contributed by atoms with Gasteiger partial charge in [-0.05, 0) is 30.2 Å². The fourth-order valence-electron chi connectivity index (χ4n) is 1.83. The molecule has 3 heterocycles. The van der Waals surface area contributed by atoms with Gasteiger partial charge >= 0.3 is 0 Å². The molecule has 0 bridgehead atoms. The van der Waals surface area contributed by atoms with E-state index in [1.807, 2.05) is 25.1 Å². The third-order valence-electron chi connectivity index (χ3n) is 2.80. The largest absolute Gasteiger partial charge is 0.334 e. The molecule has 0 fully saturated rings. The van der Waals surface area contributed by atoms with Gasteiger partial charge in [0.15, 0.2) is 5.82 Å². The molecule has 0 N–H and O–H groups in total. The van der Waals surface area contributed by atoms with Crippen LogP contribution in [-0.2, 0) is 6.42 Å². The summed E-state index contributed by atoms with van der Waals surface area (Å²) in [6, 6.07) is 5.75. The molecule has 0 saturated heterocycles. The van der Waals surface area contributed by atoms with Gasteiger partial charge in [-0.3, -0.25) is 9.97 Å². The number of hydrogen-bond donors (Lipinski definition) is 0. The van der Waals surface area contributed by atoms with Crippen LogP contribution in [0.3, 0.4) is 0 Å². The molecule has 0 unspecified atom stereocenters. The molecule has 0 aliphatic carbocycles. The zero-order valence-electron chi connectivity index (χ0n) is 10.4. The molecular weight excluding hydrogens is 240 g/mol. The lowest BCUT2D eigenvalue weighted by Crippen LogP contribution is -1.91. The molecule has 0 aromatic carbocycles. The summed E-state index contributed by atoms with van der Waals surface area (Å²) in [5, 5.41) is 3.99. The number of aromatic nitrogens is 4. The van der Waals surface area contributed by atoms with E-state index < -0.39 is 0 Å². The molecule has 5 nitrogen and oxygen atoms in total.